The number of benzene rings is 2. The number of carbonyl (C=O) groups is 1. The minimum atomic E-state index is -0.732. The third-order valence-electron chi connectivity index (χ3n) is 3.96. The van der Waals surface area contributed by atoms with Crippen LogP contribution in [0.15, 0.2) is 42.9 Å². The summed E-state index contributed by atoms with van der Waals surface area (Å²) in [4.78, 5) is 18.5. The monoisotopic (exact) mass is 279 g/mol. The zero-order chi connectivity index (χ0) is 14.4. The molecule has 0 fully saturated rings. The van der Waals surface area contributed by atoms with Gasteiger partial charge in [-0.25, -0.2) is 4.98 Å². The summed E-state index contributed by atoms with van der Waals surface area (Å²) < 4.78 is 0. The number of nitrogens with one attached hydrogen (secondary N) is 2. The van der Waals surface area contributed by atoms with Gasteiger partial charge in [0.1, 0.15) is 6.10 Å². The van der Waals surface area contributed by atoms with Crippen LogP contribution in [-0.2, 0) is 6.54 Å². The highest BCUT2D eigenvalue weighted by molar-refractivity contribution is 6.04. The molecule has 1 unspecified atom stereocenters. The molecule has 104 valence electrons. The van der Waals surface area contributed by atoms with E-state index in [1.165, 1.54) is 0 Å². The number of aromatic amines is 1. The Hall–Kier alpha value is -2.66. The molecule has 2 aromatic carbocycles. The van der Waals surface area contributed by atoms with Gasteiger partial charge in [-0.1, -0.05) is 18.2 Å². The number of imidazole rings is 1. The van der Waals surface area contributed by atoms with E-state index in [4.69, 9.17) is 0 Å². The Labute approximate surface area is 120 Å². The van der Waals surface area contributed by atoms with Gasteiger partial charge in [0.2, 0.25) is 0 Å². The fourth-order valence-corrected chi connectivity index (χ4v) is 2.85. The number of nitrogens with zero attached hydrogens (tertiary/aromatic N) is 1. The van der Waals surface area contributed by atoms with Crippen molar-refractivity contribution in [2.75, 3.05) is 0 Å². The largest absolute Gasteiger partial charge is 0.382 e. The first-order valence-corrected chi connectivity index (χ1v) is 6.74. The summed E-state index contributed by atoms with van der Waals surface area (Å²) in [6.07, 6.45) is 2.43. The first kappa shape index (κ1) is 12.1. The predicted molar refractivity (Wildman–Crippen MR) is 77.8 cm³/mol. The quantitative estimate of drug-likeness (QED) is 0.670. The summed E-state index contributed by atoms with van der Waals surface area (Å²) in [5, 5.41) is 15.2. The predicted octanol–water partition coefficient (Wildman–Crippen LogP) is 1.89. The van der Waals surface area contributed by atoms with Crippen LogP contribution in [0.25, 0.3) is 10.8 Å². The maximum Gasteiger partial charge on any atom is 0.251 e. The van der Waals surface area contributed by atoms with Gasteiger partial charge in [-0.15, -0.1) is 0 Å². The van der Waals surface area contributed by atoms with Gasteiger partial charge in [-0.05, 0) is 34.0 Å². The van der Waals surface area contributed by atoms with Crippen molar-refractivity contribution in [1.82, 2.24) is 15.3 Å². The molecule has 1 amide bonds. The Morgan fingerprint density at radius 3 is 2.95 bits per heavy atom. The molecule has 0 saturated carbocycles. The highest BCUT2D eigenvalue weighted by Gasteiger charge is 2.21. The van der Waals surface area contributed by atoms with Gasteiger partial charge in [0.25, 0.3) is 5.91 Å². The highest BCUT2D eigenvalue weighted by atomic mass is 16.3. The van der Waals surface area contributed by atoms with Gasteiger partial charge in [0.15, 0.2) is 0 Å². The topological polar surface area (TPSA) is 78.0 Å². The molecule has 1 aromatic heterocycles. The lowest BCUT2D eigenvalue weighted by Crippen LogP contribution is -2.12. The number of fused-ring (bicyclic) bond motifs is 3. The molecule has 0 radical (unpaired) electrons. The second-order valence-electron chi connectivity index (χ2n) is 5.16. The molecular weight excluding hydrogens is 266 g/mol. The summed E-state index contributed by atoms with van der Waals surface area (Å²) in [7, 11) is 0. The van der Waals surface area contributed by atoms with Crippen LogP contribution in [0, 0.1) is 0 Å². The van der Waals surface area contributed by atoms with E-state index in [-0.39, 0.29) is 5.91 Å². The summed E-state index contributed by atoms with van der Waals surface area (Å²) in [5.41, 5.74) is 3.22. The molecule has 2 heterocycles. The molecule has 1 atom stereocenters. The summed E-state index contributed by atoms with van der Waals surface area (Å²) >= 11 is 0. The standard InChI is InChI=1S/C16H13N3O2/c20-15(14-7-17-8-19-14)10-2-3-11-9(5-10)1-4-12-13(11)6-18-16(12)21/h1-5,7-8,15,20H,6H2,(H,17,19)(H,18,21). The lowest BCUT2D eigenvalue weighted by Gasteiger charge is -2.11. The number of rotatable bonds is 2. The Morgan fingerprint density at radius 2 is 2.14 bits per heavy atom. The molecule has 0 bridgehead atoms. The minimum absolute atomic E-state index is 0.0199. The maximum atomic E-state index is 11.7. The number of amides is 1. The Kier molecular flexibility index (Phi) is 2.55. The first-order chi connectivity index (χ1) is 10.2. The second kappa shape index (κ2) is 4.43. The second-order valence-corrected chi connectivity index (χ2v) is 5.16. The van der Waals surface area contributed by atoms with Crippen LogP contribution in [0.1, 0.15) is 33.3 Å². The van der Waals surface area contributed by atoms with Crippen LogP contribution in [0.4, 0.5) is 0 Å². The van der Waals surface area contributed by atoms with E-state index in [2.05, 4.69) is 15.3 Å². The average Bonchev–Trinajstić information content (AvgIpc) is 3.16. The highest BCUT2D eigenvalue weighted by Crippen LogP contribution is 2.29. The van der Waals surface area contributed by atoms with Crippen LogP contribution < -0.4 is 5.32 Å². The van der Waals surface area contributed by atoms with Gasteiger partial charge in [-0.3, -0.25) is 4.79 Å². The third kappa shape index (κ3) is 1.82. The first-order valence-electron chi connectivity index (χ1n) is 6.74. The summed E-state index contributed by atoms with van der Waals surface area (Å²) in [6, 6.07) is 9.55. The minimum Gasteiger partial charge on any atom is -0.382 e. The van der Waals surface area contributed by atoms with Crippen molar-refractivity contribution in [1.29, 1.82) is 0 Å². The van der Waals surface area contributed by atoms with E-state index in [0.29, 0.717) is 12.2 Å². The number of aliphatic hydroxyl groups is 1. The summed E-state index contributed by atoms with van der Waals surface area (Å²) in [6.45, 7) is 0.563. The Morgan fingerprint density at radius 1 is 1.24 bits per heavy atom. The van der Waals surface area contributed by atoms with Crippen molar-refractivity contribution in [3.8, 4) is 0 Å². The van der Waals surface area contributed by atoms with E-state index in [1.807, 2.05) is 30.3 Å². The van der Waals surface area contributed by atoms with Gasteiger partial charge in [0.05, 0.1) is 18.2 Å². The molecule has 0 saturated heterocycles. The van der Waals surface area contributed by atoms with E-state index in [1.54, 1.807) is 12.5 Å². The Balaban J connectivity index is 1.83. The van der Waals surface area contributed by atoms with Gasteiger partial charge in [0, 0.05) is 12.1 Å². The molecule has 4 rings (SSSR count). The molecule has 1 aliphatic rings. The van der Waals surface area contributed by atoms with Crippen molar-refractivity contribution in [3.63, 3.8) is 0 Å². The van der Waals surface area contributed by atoms with Crippen LogP contribution in [0.2, 0.25) is 0 Å². The lowest BCUT2D eigenvalue weighted by molar-refractivity contribution is 0.0966. The molecule has 1 aliphatic heterocycles. The van der Waals surface area contributed by atoms with E-state index >= 15 is 0 Å². The number of hydrogen-bond acceptors (Lipinski definition) is 3. The van der Waals surface area contributed by atoms with Crippen molar-refractivity contribution >= 4 is 16.7 Å². The SMILES string of the molecule is O=C1NCc2c1ccc1cc(C(O)c3cnc[nH]3)ccc21. The average molecular weight is 279 g/mol. The number of carbonyl (C=O) groups excluding carboxylic acids is 1. The number of hydrogen-bond donors (Lipinski definition) is 3. The van der Waals surface area contributed by atoms with Crippen molar-refractivity contribution in [3.05, 3.63) is 65.2 Å². The molecule has 5 heteroatoms. The zero-order valence-electron chi connectivity index (χ0n) is 11.1. The van der Waals surface area contributed by atoms with Crippen LogP contribution in [-0.4, -0.2) is 21.0 Å². The fraction of sp³-hybridized carbons (Fsp3) is 0.125. The molecule has 21 heavy (non-hydrogen) atoms. The van der Waals surface area contributed by atoms with Gasteiger partial charge in [-0.2, -0.15) is 0 Å². The summed E-state index contributed by atoms with van der Waals surface area (Å²) in [5.74, 6) is -0.0199. The van der Waals surface area contributed by atoms with Crippen molar-refractivity contribution < 1.29 is 9.90 Å². The van der Waals surface area contributed by atoms with E-state index in [9.17, 15) is 9.90 Å². The molecule has 0 spiro atoms. The maximum absolute atomic E-state index is 11.7. The normalized spacial score (nSPS) is 15.0. The number of aliphatic hydroxyl groups excluding tert-OH is 1. The van der Waals surface area contributed by atoms with Gasteiger partial charge < -0.3 is 15.4 Å². The molecular formula is C16H13N3O2. The zero-order valence-corrected chi connectivity index (χ0v) is 11.1. The van der Waals surface area contributed by atoms with Crippen molar-refractivity contribution in [2.24, 2.45) is 0 Å². The third-order valence-corrected chi connectivity index (χ3v) is 3.96. The van der Waals surface area contributed by atoms with Crippen molar-refractivity contribution in [2.45, 2.75) is 12.6 Å². The van der Waals surface area contributed by atoms with Gasteiger partial charge >= 0.3 is 0 Å². The molecule has 3 N–H and O–H groups in total. The van der Waals surface area contributed by atoms with E-state index in [0.717, 1.165) is 27.5 Å². The molecule has 0 aliphatic carbocycles. The van der Waals surface area contributed by atoms with Crippen LogP contribution >= 0.6 is 0 Å². The Bertz CT molecular complexity index is 840. The fourth-order valence-electron chi connectivity index (χ4n) is 2.85. The molecule has 3 aromatic rings. The smallest absolute Gasteiger partial charge is 0.251 e. The number of H-pyrrole nitrogens is 1. The van der Waals surface area contributed by atoms with E-state index < -0.39 is 6.10 Å². The van der Waals surface area contributed by atoms with Crippen LogP contribution in [0.5, 0.6) is 0 Å². The number of aromatic nitrogens is 2. The van der Waals surface area contributed by atoms with Crippen LogP contribution in [0.3, 0.4) is 0 Å². The molecule has 5 nitrogen and oxygen atoms in total. The lowest BCUT2D eigenvalue weighted by atomic mass is 9.97.